The van der Waals surface area contributed by atoms with Gasteiger partial charge in [0.05, 0.1) is 17.0 Å². The van der Waals surface area contributed by atoms with Gasteiger partial charge in [-0.1, -0.05) is 0 Å². The van der Waals surface area contributed by atoms with E-state index in [4.69, 9.17) is 4.99 Å². The topological polar surface area (TPSA) is 68.2 Å². The van der Waals surface area contributed by atoms with Crippen LogP contribution in [0.4, 0.5) is 0 Å². The third kappa shape index (κ3) is 4.40. The monoisotopic (exact) mass is 359 g/mol. The van der Waals surface area contributed by atoms with Gasteiger partial charge in [0, 0.05) is 45.3 Å². The minimum atomic E-state index is -3.03. The highest BCUT2D eigenvalue weighted by Crippen LogP contribution is 2.23. The van der Waals surface area contributed by atoms with Gasteiger partial charge < -0.3 is 15.1 Å². The third-order valence-corrected chi connectivity index (χ3v) is 7.64. The van der Waals surface area contributed by atoms with Crippen LogP contribution in [-0.4, -0.2) is 106 Å². The Hall–Kier alpha value is -0.860. The normalized spacial score (nSPS) is 28.8. The van der Waals surface area contributed by atoms with Crippen molar-refractivity contribution in [3.05, 3.63) is 0 Å². The Morgan fingerprint density at radius 2 is 1.96 bits per heavy atom. The van der Waals surface area contributed by atoms with Crippen molar-refractivity contribution in [2.24, 2.45) is 4.99 Å². The molecule has 0 aromatic rings. The van der Waals surface area contributed by atoms with Crippen LogP contribution in [0.25, 0.3) is 0 Å². The number of nitrogens with one attached hydrogen (secondary N) is 1. The number of aliphatic imine (C=N–C) groups is 1. The van der Waals surface area contributed by atoms with Crippen LogP contribution in [0.5, 0.6) is 0 Å². The van der Waals surface area contributed by atoms with Crippen molar-refractivity contribution in [3.8, 4) is 0 Å². The molecule has 1 unspecified atom stereocenters. The molecular weight excluding hydrogens is 326 g/mol. The fourth-order valence-electron chi connectivity index (χ4n) is 3.24. The number of hydrogen-bond donors (Lipinski definition) is 1. The van der Waals surface area contributed by atoms with Crippen LogP contribution >= 0.6 is 0 Å². The number of rotatable bonds is 3. The molecule has 0 bridgehead atoms. The lowest BCUT2D eigenvalue weighted by molar-refractivity contribution is 0.119. The SMILES string of the molecule is CCNC(=NCC1CN(C)CCN1C)N1CCS(=O)(=O)C(C)(C)C1. The number of hydrogen-bond acceptors (Lipinski definition) is 5. The maximum Gasteiger partial charge on any atom is 0.194 e. The van der Waals surface area contributed by atoms with E-state index in [0.29, 0.717) is 19.1 Å². The summed E-state index contributed by atoms with van der Waals surface area (Å²) < 4.78 is 23.7. The molecule has 2 saturated heterocycles. The predicted octanol–water partition coefficient (Wildman–Crippen LogP) is -0.293. The Kier molecular flexibility index (Phi) is 6.14. The van der Waals surface area contributed by atoms with Crippen molar-refractivity contribution in [3.63, 3.8) is 0 Å². The highest BCUT2D eigenvalue weighted by molar-refractivity contribution is 7.92. The number of piperazine rings is 1. The smallest absolute Gasteiger partial charge is 0.194 e. The van der Waals surface area contributed by atoms with Gasteiger partial charge in [-0.2, -0.15) is 0 Å². The fraction of sp³-hybridized carbons (Fsp3) is 0.938. The van der Waals surface area contributed by atoms with E-state index in [1.165, 1.54) is 0 Å². The summed E-state index contributed by atoms with van der Waals surface area (Å²) in [6.07, 6.45) is 0. The van der Waals surface area contributed by atoms with Crippen LogP contribution in [0.2, 0.25) is 0 Å². The minimum absolute atomic E-state index is 0.191. The van der Waals surface area contributed by atoms with Crippen LogP contribution in [0.3, 0.4) is 0 Å². The van der Waals surface area contributed by atoms with E-state index in [-0.39, 0.29) is 5.75 Å². The molecule has 8 heteroatoms. The summed E-state index contributed by atoms with van der Waals surface area (Å²) in [4.78, 5) is 11.6. The molecule has 0 radical (unpaired) electrons. The Morgan fingerprint density at radius 1 is 1.25 bits per heavy atom. The summed E-state index contributed by atoms with van der Waals surface area (Å²) in [5.41, 5.74) is 0. The van der Waals surface area contributed by atoms with E-state index in [1.54, 1.807) is 0 Å². The summed E-state index contributed by atoms with van der Waals surface area (Å²) in [6.45, 7) is 11.3. The largest absolute Gasteiger partial charge is 0.357 e. The maximum atomic E-state index is 12.2. The zero-order valence-electron chi connectivity index (χ0n) is 15.7. The van der Waals surface area contributed by atoms with E-state index < -0.39 is 14.6 Å². The molecule has 2 aliphatic heterocycles. The number of nitrogens with zero attached hydrogens (tertiary/aromatic N) is 4. The van der Waals surface area contributed by atoms with Crippen molar-refractivity contribution < 1.29 is 8.42 Å². The minimum Gasteiger partial charge on any atom is -0.357 e. The average Bonchev–Trinajstić information content (AvgIpc) is 2.49. The first kappa shape index (κ1) is 19.5. The molecule has 0 aromatic heterocycles. The molecule has 0 aromatic carbocycles. The second kappa shape index (κ2) is 7.58. The first-order valence-corrected chi connectivity index (χ1v) is 10.5. The zero-order chi connectivity index (χ0) is 18.0. The van der Waals surface area contributed by atoms with Crippen molar-refractivity contribution in [2.45, 2.75) is 31.6 Å². The van der Waals surface area contributed by atoms with E-state index in [1.807, 2.05) is 20.8 Å². The first-order valence-electron chi connectivity index (χ1n) is 8.80. The standard InChI is InChI=1S/C16H33N5O2S/c1-6-17-15(18-11-14-12-19(4)7-8-20(14)5)21-9-10-24(22,23)16(2,3)13-21/h14H,6-13H2,1-5H3,(H,17,18). The Labute approximate surface area is 147 Å². The summed E-state index contributed by atoms with van der Waals surface area (Å²) in [5, 5.41) is 3.33. The molecule has 0 amide bonds. The molecule has 2 rings (SSSR count). The highest BCUT2D eigenvalue weighted by atomic mass is 32.2. The molecule has 1 atom stereocenters. The van der Waals surface area contributed by atoms with Gasteiger partial charge in [0.1, 0.15) is 0 Å². The maximum absolute atomic E-state index is 12.2. The Bertz CT molecular complexity index is 561. The molecule has 140 valence electrons. The van der Waals surface area contributed by atoms with Crippen LogP contribution in [0.1, 0.15) is 20.8 Å². The van der Waals surface area contributed by atoms with Crippen LogP contribution in [0.15, 0.2) is 4.99 Å². The van der Waals surface area contributed by atoms with Gasteiger partial charge in [-0.15, -0.1) is 0 Å². The van der Waals surface area contributed by atoms with E-state index >= 15 is 0 Å². The van der Waals surface area contributed by atoms with Crippen molar-refractivity contribution in [1.29, 1.82) is 0 Å². The molecule has 0 spiro atoms. The summed E-state index contributed by atoms with van der Waals surface area (Å²) in [5.74, 6) is 1.03. The van der Waals surface area contributed by atoms with Gasteiger partial charge in [-0.25, -0.2) is 8.42 Å². The Morgan fingerprint density at radius 3 is 2.58 bits per heavy atom. The van der Waals surface area contributed by atoms with Gasteiger partial charge >= 0.3 is 0 Å². The molecule has 2 fully saturated rings. The highest BCUT2D eigenvalue weighted by Gasteiger charge is 2.41. The van der Waals surface area contributed by atoms with E-state index in [2.05, 4.69) is 34.1 Å². The van der Waals surface area contributed by atoms with Crippen LogP contribution in [-0.2, 0) is 9.84 Å². The molecule has 0 aliphatic carbocycles. The molecule has 24 heavy (non-hydrogen) atoms. The molecule has 2 aliphatic rings. The van der Waals surface area contributed by atoms with E-state index in [0.717, 1.165) is 38.7 Å². The second-order valence-electron chi connectivity index (χ2n) is 7.59. The van der Waals surface area contributed by atoms with Crippen molar-refractivity contribution in [1.82, 2.24) is 20.0 Å². The molecular formula is C16H33N5O2S. The second-order valence-corrected chi connectivity index (χ2v) is 10.3. The predicted molar refractivity (Wildman–Crippen MR) is 99.3 cm³/mol. The molecule has 7 nitrogen and oxygen atoms in total. The summed E-state index contributed by atoms with van der Waals surface area (Å²) in [6, 6.07) is 0.402. The zero-order valence-corrected chi connectivity index (χ0v) is 16.6. The lowest BCUT2D eigenvalue weighted by Crippen LogP contribution is -2.57. The van der Waals surface area contributed by atoms with Crippen molar-refractivity contribution >= 4 is 15.8 Å². The molecule has 1 N–H and O–H groups in total. The van der Waals surface area contributed by atoms with E-state index in [9.17, 15) is 8.42 Å². The number of guanidine groups is 1. The van der Waals surface area contributed by atoms with Gasteiger partial charge in [0.15, 0.2) is 15.8 Å². The quantitative estimate of drug-likeness (QED) is 0.552. The van der Waals surface area contributed by atoms with Crippen LogP contribution < -0.4 is 5.32 Å². The number of sulfone groups is 1. The molecule has 0 saturated carbocycles. The Balaban J connectivity index is 2.08. The third-order valence-electron chi connectivity index (χ3n) is 5.11. The molecule has 2 heterocycles. The average molecular weight is 360 g/mol. The van der Waals surface area contributed by atoms with Gasteiger partial charge in [0.2, 0.25) is 0 Å². The fourth-order valence-corrected chi connectivity index (χ4v) is 4.61. The van der Waals surface area contributed by atoms with Gasteiger partial charge in [-0.05, 0) is 34.9 Å². The van der Waals surface area contributed by atoms with Gasteiger partial charge in [0.25, 0.3) is 0 Å². The first-order chi connectivity index (χ1) is 11.2. The van der Waals surface area contributed by atoms with Crippen molar-refractivity contribution in [2.75, 3.05) is 65.7 Å². The lowest BCUT2D eigenvalue weighted by atomic mass is 10.2. The summed E-state index contributed by atoms with van der Waals surface area (Å²) in [7, 11) is 1.26. The lowest BCUT2D eigenvalue weighted by Gasteiger charge is -2.40. The summed E-state index contributed by atoms with van der Waals surface area (Å²) >= 11 is 0. The number of likely N-dealkylation sites (N-methyl/N-ethyl adjacent to an activating group) is 2. The van der Waals surface area contributed by atoms with Crippen LogP contribution in [0, 0.1) is 0 Å². The van der Waals surface area contributed by atoms with Gasteiger partial charge in [-0.3, -0.25) is 9.89 Å².